The standard InChI is InChI=1S/C16H17N5O/c1-11-18-16-5-4-15(20-21(16)19-11)17-8-6-12-2-3-14-13(10-12)7-9-22-14/h2-5,10H,6-9H2,1H3,(H,17,20). The Kier molecular flexibility index (Phi) is 3.14. The van der Waals surface area contributed by atoms with E-state index in [0.717, 1.165) is 49.0 Å². The van der Waals surface area contributed by atoms with Gasteiger partial charge < -0.3 is 10.1 Å². The smallest absolute Gasteiger partial charge is 0.176 e. The predicted octanol–water partition coefficient (Wildman–Crippen LogP) is 2.02. The van der Waals surface area contributed by atoms with Crippen molar-refractivity contribution in [3.8, 4) is 5.75 Å². The van der Waals surface area contributed by atoms with Gasteiger partial charge in [0.25, 0.3) is 0 Å². The van der Waals surface area contributed by atoms with Gasteiger partial charge in [0.1, 0.15) is 17.4 Å². The fourth-order valence-electron chi connectivity index (χ4n) is 2.71. The number of ether oxygens (including phenoxy) is 1. The summed E-state index contributed by atoms with van der Waals surface area (Å²) < 4.78 is 7.09. The van der Waals surface area contributed by atoms with Crippen LogP contribution in [0.1, 0.15) is 17.0 Å². The molecule has 1 N–H and O–H groups in total. The molecule has 0 saturated heterocycles. The molecule has 112 valence electrons. The Labute approximate surface area is 128 Å². The lowest BCUT2D eigenvalue weighted by Gasteiger charge is -2.07. The number of rotatable bonds is 4. The second kappa shape index (κ2) is 5.29. The Morgan fingerprint density at radius 2 is 2.18 bits per heavy atom. The molecule has 6 nitrogen and oxygen atoms in total. The number of aromatic nitrogens is 4. The topological polar surface area (TPSA) is 64.3 Å². The van der Waals surface area contributed by atoms with E-state index in [-0.39, 0.29) is 0 Å². The summed E-state index contributed by atoms with van der Waals surface area (Å²) in [6.07, 6.45) is 1.96. The quantitative estimate of drug-likeness (QED) is 0.798. The number of anilines is 1. The van der Waals surface area contributed by atoms with Crippen molar-refractivity contribution in [2.75, 3.05) is 18.5 Å². The summed E-state index contributed by atoms with van der Waals surface area (Å²) in [4.78, 5) is 4.27. The first kappa shape index (κ1) is 13.1. The largest absolute Gasteiger partial charge is 0.493 e. The van der Waals surface area contributed by atoms with E-state index in [1.54, 1.807) is 4.63 Å². The van der Waals surface area contributed by atoms with Gasteiger partial charge in [0, 0.05) is 13.0 Å². The number of hydrogen-bond donors (Lipinski definition) is 1. The second-order valence-corrected chi connectivity index (χ2v) is 5.44. The SMILES string of the molecule is Cc1nc2ccc(NCCc3ccc4c(c3)CCO4)nn2n1. The van der Waals surface area contributed by atoms with Crippen LogP contribution in [0.5, 0.6) is 5.75 Å². The van der Waals surface area contributed by atoms with Crippen molar-refractivity contribution in [2.24, 2.45) is 0 Å². The maximum Gasteiger partial charge on any atom is 0.176 e. The Balaban J connectivity index is 1.41. The molecule has 0 fully saturated rings. The van der Waals surface area contributed by atoms with Crippen molar-refractivity contribution in [1.29, 1.82) is 0 Å². The third-order valence-electron chi connectivity index (χ3n) is 3.79. The van der Waals surface area contributed by atoms with E-state index in [0.29, 0.717) is 0 Å². The van der Waals surface area contributed by atoms with Gasteiger partial charge in [-0.3, -0.25) is 0 Å². The number of nitrogens with zero attached hydrogens (tertiary/aromatic N) is 4. The molecule has 0 spiro atoms. The van der Waals surface area contributed by atoms with Crippen molar-refractivity contribution >= 4 is 11.5 Å². The van der Waals surface area contributed by atoms with Crippen LogP contribution in [-0.4, -0.2) is 33.0 Å². The highest BCUT2D eigenvalue weighted by molar-refractivity contribution is 5.44. The van der Waals surface area contributed by atoms with Crippen molar-refractivity contribution < 1.29 is 4.74 Å². The summed E-state index contributed by atoms with van der Waals surface area (Å²) in [5, 5.41) is 11.9. The molecule has 0 saturated carbocycles. The maximum absolute atomic E-state index is 5.53. The van der Waals surface area contributed by atoms with Gasteiger partial charge in [-0.05, 0) is 42.7 Å². The summed E-state index contributed by atoms with van der Waals surface area (Å²) >= 11 is 0. The van der Waals surface area contributed by atoms with Gasteiger partial charge in [-0.2, -0.15) is 0 Å². The number of fused-ring (bicyclic) bond motifs is 2. The van der Waals surface area contributed by atoms with E-state index in [1.807, 2.05) is 19.1 Å². The number of benzene rings is 1. The highest BCUT2D eigenvalue weighted by atomic mass is 16.5. The first-order valence-electron chi connectivity index (χ1n) is 7.47. The molecule has 0 atom stereocenters. The number of aryl methyl sites for hydroxylation is 1. The summed E-state index contributed by atoms with van der Waals surface area (Å²) in [5.74, 6) is 2.57. The van der Waals surface area contributed by atoms with E-state index < -0.39 is 0 Å². The van der Waals surface area contributed by atoms with E-state index in [4.69, 9.17) is 4.74 Å². The van der Waals surface area contributed by atoms with Crippen LogP contribution in [0.3, 0.4) is 0 Å². The van der Waals surface area contributed by atoms with Crippen molar-refractivity contribution in [1.82, 2.24) is 19.8 Å². The second-order valence-electron chi connectivity index (χ2n) is 5.44. The lowest BCUT2D eigenvalue weighted by molar-refractivity contribution is 0.357. The first-order chi connectivity index (χ1) is 10.8. The molecule has 0 aliphatic carbocycles. The average Bonchev–Trinajstić information content (AvgIpc) is 3.11. The van der Waals surface area contributed by atoms with E-state index in [2.05, 4.69) is 38.7 Å². The minimum absolute atomic E-state index is 0.727. The number of hydrogen-bond acceptors (Lipinski definition) is 5. The van der Waals surface area contributed by atoms with Crippen molar-refractivity contribution in [3.05, 3.63) is 47.3 Å². The van der Waals surface area contributed by atoms with Gasteiger partial charge in [-0.15, -0.1) is 14.8 Å². The molecule has 0 radical (unpaired) electrons. The van der Waals surface area contributed by atoms with Crippen LogP contribution < -0.4 is 10.1 Å². The normalized spacial score (nSPS) is 13.1. The van der Waals surface area contributed by atoms with E-state index in [9.17, 15) is 0 Å². The summed E-state index contributed by atoms with van der Waals surface area (Å²) in [5.41, 5.74) is 3.39. The van der Waals surface area contributed by atoms with Crippen LogP contribution in [0.2, 0.25) is 0 Å². The molecule has 0 unspecified atom stereocenters. The zero-order valence-corrected chi connectivity index (χ0v) is 12.4. The minimum Gasteiger partial charge on any atom is -0.493 e. The fourth-order valence-corrected chi connectivity index (χ4v) is 2.71. The Morgan fingerprint density at radius 1 is 1.23 bits per heavy atom. The third kappa shape index (κ3) is 2.47. The molecule has 0 amide bonds. The summed E-state index contributed by atoms with van der Waals surface area (Å²) in [6, 6.07) is 10.3. The lowest BCUT2D eigenvalue weighted by atomic mass is 10.1. The van der Waals surface area contributed by atoms with Gasteiger partial charge >= 0.3 is 0 Å². The van der Waals surface area contributed by atoms with Crippen LogP contribution in [0, 0.1) is 6.92 Å². The Bertz CT molecular complexity index is 827. The molecule has 2 aromatic heterocycles. The molecule has 0 bridgehead atoms. The summed E-state index contributed by atoms with van der Waals surface area (Å²) in [6.45, 7) is 3.49. The molecule has 4 rings (SSSR count). The minimum atomic E-state index is 0.727. The average molecular weight is 295 g/mol. The maximum atomic E-state index is 5.53. The van der Waals surface area contributed by atoms with Gasteiger partial charge in [-0.25, -0.2) is 4.98 Å². The van der Waals surface area contributed by atoms with Crippen LogP contribution >= 0.6 is 0 Å². The van der Waals surface area contributed by atoms with E-state index >= 15 is 0 Å². The molecular weight excluding hydrogens is 278 g/mol. The van der Waals surface area contributed by atoms with E-state index in [1.165, 1.54) is 11.1 Å². The fraction of sp³-hybridized carbons (Fsp3) is 0.312. The van der Waals surface area contributed by atoms with Crippen LogP contribution in [0.4, 0.5) is 5.82 Å². The molecule has 3 aromatic rings. The van der Waals surface area contributed by atoms with Crippen LogP contribution in [-0.2, 0) is 12.8 Å². The molecule has 1 aliphatic rings. The molecule has 1 aliphatic heterocycles. The predicted molar refractivity (Wildman–Crippen MR) is 83.4 cm³/mol. The zero-order chi connectivity index (χ0) is 14.9. The zero-order valence-electron chi connectivity index (χ0n) is 12.4. The number of nitrogens with one attached hydrogen (secondary N) is 1. The Hall–Kier alpha value is -2.63. The first-order valence-corrected chi connectivity index (χ1v) is 7.47. The van der Waals surface area contributed by atoms with Gasteiger partial charge in [0.15, 0.2) is 5.65 Å². The highest BCUT2D eigenvalue weighted by Gasteiger charge is 2.11. The van der Waals surface area contributed by atoms with Gasteiger partial charge in [0.05, 0.1) is 6.61 Å². The summed E-state index contributed by atoms with van der Waals surface area (Å²) in [7, 11) is 0. The van der Waals surface area contributed by atoms with Crippen molar-refractivity contribution in [3.63, 3.8) is 0 Å². The molecule has 22 heavy (non-hydrogen) atoms. The molecule has 6 heteroatoms. The van der Waals surface area contributed by atoms with Gasteiger partial charge in [-0.1, -0.05) is 12.1 Å². The monoisotopic (exact) mass is 295 g/mol. The molecule has 1 aromatic carbocycles. The van der Waals surface area contributed by atoms with Crippen LogP contribution in [0.25, 0.3) is 5.65 Å². The molecule has 3 heterocycles. The highest BCUT2D eigenvalue weighted by Crippen LogP contribution is 2.25. The van der Waals surface area contributed by atoms with Crippen LogP contribution in [0.15, 0.2) is 30.3 Å². The Morgan fingerprint density at radius 3 is 3.14 bits per heavy atom. The van der Waals surface area contributed by atoms with Gasteiger partial charge in [0.2, 0.25) is 0 Å². The van der Waals surface area contributed by atoms with Crippen molar-refractivity contribution in [2.45, 2.75) is 19.8 Å². The molecular formula is C16H17N5O. The third-order valence-corrected chi connectivity index (χ3v) is 3.79. The lowest BCUT2D eigenvalue weighted by Crippen LogP contribution is -2.08.